The molecule has 0 aromatic heterocycles. The third kappa shape index (κ3) is 5.47. The SMILES string of the molecule is CCCCN(CC(=O)N1CCN(c2cccc(C)c2)CC1)C1CCS(=O)(=O)C1. The van der Waals surface area contributed by atoms with Crippen molar-refractivity contribution in [3.05, 3.63) is 29.8 Å². The predicted octanol–water partition coefficient (Wildman–Crippen LogP) is 1.93. The van der Waals surface area contributed by atoms with Gasteiger partial charge in [0, 0.05) is 37.9 Å². The van der Waals surface area contributed by atoms with E-state index in [9.17, 15) is 13.2 Å². The Morgan fingerprint density at radius 2 is 1.96 bits per heavy atom. The Kier molecular flexibility index (Phi) is 6.99. The molecular weight excluding hydrogens is 374 g/mol. The number of hydrogen-bond donors (Lipinski definition) is 0. The van der Waals surface area contributed by atoms with Gasteiger partial charge >= 0.3 is 0 Å². The lowest BCUT2D eigenvalue weighted by Gasteiger charge is -2.37. The zero-order chi connectivity index (χ0) is 20.1. The molecule has 0 aliphatic carbocycles. The number of piperazine rings is 1. The lowest BCUT2D eigenvalue weighted by molar-refractivity contribution is -0.133. The minimum absolute atomic E-state index is 0.00548. The maximum Gasteiger partial charge on any atom is 0.236 e. The normalized spacial score (nSPS) is 22.0. The first-order valence-electron chi connectivity index (χ1n) is 10.4. The minimum atomic E-state index is -2.94. The molecule has 1 aromatic rings. The summed E-state index contributed by atoms with van der Waals surface area (Å²) in [5.41, 5.74) is 2.46. The fourth-order valence-corrected chi connectivity index (χ4v) is 5.89. The zero-order valence-electron chi connectivity index (χ0n) is 17.1. The van der Waals surface area contributed by atoms with Crippen LogP contribution in [0.1, 0.15) is 31.7 Å². The van der Waals surface area contributed by atoms with Gasteiger partial charge in [-0.05, 0) is 44.0 Å². The quantitative estimate of drug-likeness (QED) is 0.691. The molecule has 2 aliphatic heterocycles. The largest absolute Gasteiger partial charge is 0.368 e. The van der Waals surface area contributed by atoms with Gasteiger partial charge in [-0.25, -0.2) is 8.42 Å². The number of aryl methyl sites for hydroxylation is 1. The summed E-state index contributed by atoms with van der Waals surface area (Å²) in [5, 5.41) is 0. The first-order valence-corrected chi connectivity index (χ1v) is 12.2. The van der Waals surface area contributed by atoms with Crippen LogP contribution in [0.2, 0.25) is 0 Å². The summed E-state index contributed by atoms with van der Waals surface area (Å²) >= 11 is 0. The van der Waals surface area contributed by atoms with Crippen LogP contribution in [0.25, 0.3) is 0 Å². The molecule has 1 unspecified atom stereocenters. The van der Waals surface area contributed by atoms with Crippen LogP contribution in [0.3, 0.4) is 0 Å². The Morgan fingerprint density at radius 3 is 2.57 bits per heavy atom. The van der Waals surface area contributed by atoms with Crippen LogP contribution in [0, 0.1) is 6.92 Å². The summed E-state index contributed by atoms with van der Waals surface area (Å²) in [6.07, 6.45) is 2.69. The average molecular weight is 408 g/mol. The van der Waals surface area contributed by atoms with Crippen molar-refractivity contribution in [2.75, 3.05) is 55.7 Å². The van der Waals surface area contributed by atoms with Crippen LogP contribution in [0.5, 0.6) is 0 Å². The second-order valence-electron chi connectivity index (χ2n) is 8.09. The number of hydrogen-bond acceptors (Lipinski definition) is 5. The number of benzene rings is 1. The summed E-state index contributed by atoms with van der Waals surface area (Å²) < 4.78 is 23.7. The number of amides is 1. The van der Waals surface area contributed by atoms with E-state index in [4.69, 9.17) is 0 Å². The number of anilines is 1. The highest BCUT2D eigenvalue weighted by Crippen LogP contribution is 2.20. The molecule has 156 valence electrons. The summed E-state index contributed by atoms with van der Waals surface area (Å²) in [7, 11) is -2.94. The third-order valence-electron chi connectivity index (χ3n) is 5.86. The smallest absolute Gasteiger partial charge is 0.236 e. The van der Waals surface area contributed by atoms with Crippen molar-refractivity contribution >= 4 is 21.4 Å². The van der Waals surface area contributed by atoms with Gasteiger partial charge in [0.1, 0.15) is 0 Å². The van der Waals surface area contributed by atoms with Crippen molar-refractivity contribution in [1.29, 1.82) is 0 Å². The Labute approximate surface area is 169 Å². The van der Waals surface area contributed by atoms with Crippen molar-refractivity contribution < 1.29 is 13.2 Å². The molecule has 2 heterocycles. The van der Waals surface area contributed by atoms with Gasteiger partial charge in [-0.1, -0.05) is 25.5 Å². The van der Waals surface area contributed by atoms with Crippen LogP contribution in [0.4, 0.5) is 5.69 Å². The van der Waals surface area contributed by atoms with Gasteiger partial charge in [-0.2, -0.15) is 0 Å². The van der Waals surface area contributed by atoms with Crippen molar-refractivity contribution in [2.24, 2.45) is 0 Å². The number of rotatable bonds is 7. The first-order chi connectivity index (χ1) is 13.4. The second-order valence-corrected chi connectivity index (χ2v) is 10.3. The molecule has 3 rings (SSSR count). The molecule has 0 saturated carbocycles. The molecular formula is C21H33N3O3S. The fourth-order valence-electron chi connectivity index (χ4n) is 4.13. The number of unbranched alkanes of at least 4 members (excludes halogenated alkanes) is 1. The van der Waals surface area contributed by atoms with E-state index in [0.717, 1.165) is 45.6 Å². The molecule has 2 saturated heterocycles. The van der Waals surface area contributed by atoms with E-state index in [2.05, 4.69) is 47.9 Å². The molecule has 28 heavy (non-hydrogen) atoms. The Bertz CT molecular complexity index is 773. The van der Waals surface area contributed by atoms with Gasteiger partial charge in [-0.3, -0.25) is 9.69 Å². The lowest BCUT2D eigenvalue weighted by Crippen LogP contribution is -2.52. The van der Waals surface area contributed by atoms with Crippen LogP contribution in [-0.4, -0.2) is 80.9 Å². The highest BCUT2D eigenvalue weighted by molar-refractivity contribution is 7.91. The number of sulfone groups is 1. The van der Waals surface area contributed by atoms with Crippen molar-refractivity contribution in [2.45, 2.75) is 39.2 Å². The number of carbonyl (C=O) groups is 1. The number of carbonyl (C=O) groups excluding carboxylic acids is 1. The maximum atomic E-state index is 12.9. The average Bonchev–Trinajstić information content (AvgIpc) is 3.04. The molecule has 1 aromatic carbocycles. The monoisotopic (exact) mass is 407 g/mol. The highest BCUT2D eigenvalue weighted by Gasteiger charge is 2.33. The van der Waals surface area contributed by atoms with E-state index in [-0.39, 0.29) is 23.5 Å². The topological polar surface area (TPSA) is 60.9 Å². The standard InChI is InChI=1S/C21H33N3O3S/c1-3-4-9-24(20-8-14-28(26,27)17-20)16-21(25)23-12-10-22(11-13-23)19-7-5-6-18(2)15-19/h5-7,15,20H,3-4,8-14,16-17H2,1-2H3. The molecule has 0 radical (unpaired) electrons. The van der Waals surface area contributed by atoms with E-state index < -0.39 is 9.84 Å². The minimum Gasteiger partial charge on any atom is -0.368 e. The summed E-state index contributed by atoms with van der Waals surface area (Å²) in [6, 6.07) is 8.47. The third-order valence-corrected chi connectivity index (χ3v) is 7.61. The maximum absolute atomic E-state index is 12.9. The van der Waals surface area contributed by atoms with Gasteiger partial charge in [0.05, 0.1) is 18.1 Å². The summed E-state index contributed by atoms with van der Waals surface area (Å²) in [4.78, 5) is 19.3. The number of nitrogens with zero attached hydrogens (tertiary/aromatic N) is 3. The van der Waals surface area contributed by atoms with Crippen LogP contribution >= 0.6 is 0 Å². The van der Waals surface area contributed by atoms with E-state index in [1.165, 1.54) is 11.3 Å². The molecule has 0 spiro atoms. The highest BCUT2D eigenvalue weighted by atomic mass is 32.2. The molecule has 2 aliphatic rings. The van der Waals surface area contributed by atoms with Crippen LogP contribution in [-0.2, 0) is 14.6 Å². The molecule has 0 N–H and O–H groups in total. The first kappa shape index (κ1) is 21.1. The van der Waals surface area contributed by atoms with Gasteiger partial charge < -0.3 is 9.80 Å². The Morgan fingerprint density at radius 1 is 1.21 bits per heavy atom. The van der Waals surface area contributed by atoms with Gasteiger partial charge in [0.2, 0.25) is 5.91 Å². The van der Waals surface area contributed by atoms with Crippen LogP contribution in [0.15, 0.2) is 24.3 Å². The van der Waals surface area contributed by atoms with Gasteiger partial charge in [-0.15, -0.1) is 0 Å². The van der Waals surface area contributed by atoms with Gasteiger partial charge in [0.25, 0.3) is 0 Å². The molecule has 7 heteroatoms. The summed E-state index contributed by atoms with van der Waals surface area (Å²) in [5.74, 6) is 0.582. The fraction of sp³-hybridized carbons (Fsp3) is 0.667. The van der Waals surface area contributed by atoms with Crippen molar-refractivity contribution in [3.8, 4) is 0 Å². The molecule has 1 atom stereocenters. The summed E-state index contributed by atoms with van der Waals surface area (Å²) in [6.45, 7) is 8.46. The molecule has 1 amide bonds. The van der Waals surface area contributed by atoms with Crippen molar-refractivity contribution in [1.82, 2.24) is 9.80 Å². The molecule has 2 fully saturated rings. The van der Waals surface area contributed by atoms with E-state index in [1.807, 2.05) is 4.90 Å². The van der Waals surface area contributed by atoms with E-state index in [0.29, 0.717) is 13.0 Å². The second kappa shape index (κ2) is 9.27. The lowest BCUT2D eigenvalue weighted by atomic mass is 10.1. The van der Waals surface area contributed by atoms with Crippen molar-refractivity contribution in [3.63, 3.8) is 0 Å². The van der Waals surface area contributed by atoms with E-state index >= 15 is 0 Å². The zero-order valence-corrected chi connectivity index (χ0v) is 18.0. The molecule has 0 bridgehead atoms. The predicted molar refractivity (Wildman–Crippen MR) is 114 cm³/mol. The van der Waals surface area contributed by atoms with Gasteiger partial charge in [0.15, 0.2) is 9.84 Å². The molecule has 6 nitrogen and oxygen atoms in total. The van der Waals surface area contributed by atoms with Crippen LogP contribution < -0.4 is 4.90 Å². The van der Waals surface area contributed by atoms with E-state index in [1.54, 1.807) is 0 Å². The Balaban J connectivity index is 1.55. The Hall–Kier alpha value is -1.60.